The van der Waals surface area contributed by atoms with E-state index >= 15 is 0 Å². The third-order valence-electron chi connectivity index (χ3n) is 4.81. The van der Waals surface area contributed by atoms with Crippen molar-refractivity contribution in [3.8, 4) is 0 Å². The minimum absolute atomic E-state index is 0. The highest BCUT2D eigenvalue weighted by molar-refractivity contribution is 14.0. The predicted molar refractivity (Wildman–Crippen MR) is 125 cm³/mol. The Balaban J connectivity index is 0.00000300. The van der Waals surface area contributed by atoms with Gasteiger partial charge in [0.1, 0.15) is 5.82 Å². The van der Waals surface area contributed by atoms with Gasteiger partial charge in [-0.15, -0.1) is 24.0 Å². The van der Waals surface area contributed by atoms with Gasteiger partial charge in [-0.3, -0.25) is 4.79 Å². The summed E-state index contributed by atoms with van der Waals surface area (Å²) in [5, 5.41) is 6.51. The van der Waals surface area contributed by atoms with Gasteiger partial charge in [-0.1, -0.05) is 42.5 Å². The lowest BCUT2D eigenvalue weighted by molar-refractivity contribution is -0.128. The van der Waals surface area contributed by atoms with Gasteiger partial charge >= 0.3 is 0 Å². The predicted octanol–water partition coefficient (Wildman–Crippen LogP) is 3.82. The number of nitrogens with zero attached hydrogens (tertiary/aromatic N) is 2. The van der Waals surface area contributed by atoms with Gasteiger partial charge in [0.25, 0.3) is 0 Å². The number of likely N-dealkylation sites (tertiary alicyclic amines) is 1. The second-order valence-corrected chi connectivity index (χ2v) is 6.83. The zero-order valence-corrected chi connectivity index (χ0v) is 19.0. The number of rotatable bonds is 7. The maximum Gasteiger partial charge on any atom is 0.222 e. The van der Waals surface area contributed by atoms with Crippen LogP contribution >= 0.6 is 24.0 Å². The van der Waals surface area contributed by atoms with Crippen LogP contribution in [0.25, 0.3) is 0 Å². The second kappa shape index (κ2) is 11.7. The largest absolute Gasteiger partial charge is 0.357 e. The van der Waals surface area contributed by atoms with Crippen molar-refractivity contribution in [2.45, 2.75) is 39.4 Å². The quantitative estimate of drug-likeness (QED) is 0.339. The van der Waals surface area contributed by atoms with Crippen LogP contribution < -0.4 is 10.6 Å². The van der Waals surface area contributed by atoms with Crippen LogP contribution in [0.4, 0.5) is 4.39 Å². The standard InChI is InChI=1S/C22H27FN4O.HI/c1-2-24-22(26-15-18-9-5-6-11-20(18)23)25-14-17-8-3-4-10-19(17)16-27-13-7-12-21(27)28;/h3-6,8-11H,2,7,12-16H2,1H3,(H2,24,25,26);1H. The summed E-state index contributed by atoms with van der Waals surface area (Å²) in [4.78, 5) is 18.3. The van der Waals surface area contributed by atoms with E-state index in [1.807, 2.05) is 30.0 Å². The first kappa shape index (κ1) is 23.1. The van der Waals surface area contributed by atoms with Crippen LogP contribution in [-0.2, 0) is 24.4 Å². The summed E-state index contributed by atoms with van der Waals surface area (Å²) in [7, 11) is 0. The SMILES string of the molecule is CCNC(=NCc1ccccc1F)NCc1ccccc1CN1CCCC1=O.I. The van der Waals surface area contributed by atoms with E-state index in [1.54, 1.807) is 12.1 Å². The third kappa shape index (κ3) is 6.69. The van der Waals surface area contributed by atoms with Crippen molar-refractivity contribution in [3.63, 3.8) is 0 Å². The Hall–Kier alpha value is -2.16. The molecule has 3 rings (SSSR count). The number of hydrogen-bond acceptors (Lipinski definition) is 2. The summed E-state index contributed by atoms with van der Waals surface area (Å²) in [6.07, 6.45) is 1.58. The summed E-state index contributed by atoms with van der Waals surface area (Å²) in [6.45, 7) is 5.03. The number of guanidine groups is 1. The van der Waals surface area contributed by atoms with Crippen LogP contribution in [0.2, 0.25) is 0 Å². The molecule has 0 atom stereocenters. The first-order valence-corrected chi connectivity index (χ1v) is 9.77. The topological polar surface area (TPSA) is 56.7 Å². The van der Waals surface area contributed by atoms with Crippen molar-refractivity contribution < 1.29 is 9.18 Å². The number of carbonyl (C=O) groups is 1. The fourth-order valence-electron chi connectivity index (χ4n) is 3.27. The van der Waals surface area contributed by atoms with Crippen LogP contribution in [0.15, 0.2) is 53.5 Å². The summed E-state index contributed by atoms with van der Waals surface area (Å²) >= 11 is 0. The number of carbonyl (C=O) groups excluding carboxylic acids is 1. The lowest BCUT2D eigenvalue weighted by atomic mass is 10.1. The molecule has 0 spiro atoms. The van der Waals surface area contributed by atoms with Crippen molar-refractivity contribution in [1.29, 1.82) is 0 Å². The van der Waals surface area contributed by atoms with Gasteiger partial charge in [-0.05, 0) is 30.5 Å². The fraction of sp³-hybridized carbons (Fsp3) is 0.364. The summed E-state index contributed by atoms with van der Waals surface area (Å²) in [6, 6.07) is 14.8. The van der Waals surface area contributed by atoms with Crippen molar-refractivity contribution in [3.05, 3.63) is 71.0 Å². The molecule has 7 heteroatoms. The average molecular weight is 510 g/mol. The van der Waals surface area contributed by atoms with E-state index in [1.165, 1.54) is 6.07 Å². The number of halogens is 2. The Labute approximate surface area is 188 Å². The molecule has 0 unspecified atom stereocenters. The lowest BCUT2D eigenvalue weighted by Gasteiger charge is -2.19. The number of nitrogens with one attached hydrogen (secondary N) is 2. The monoisotopic (exact) mass is 510 g/mol. The molecule has 0 radical (unpaired) electrons. The lowest BCUT2D eigenvalue weighted by Crippen LogP contribution is -2.37. The van der Waals surface area contributed by atoms with E-state index in [0.717, 1.165) is 24.1 Å². The molecule has 0 aliphatic carbocycles. The van der Waals surface area contributed by atoms with Crippen LogP contribution in [0.3, 0.4) is 0 Å². The Kier molecular flexibility index (Phi) is 9.37. The van der Waals surface area contributed by atoms with Gasteiger partial charge in [0.05, 0.1) is 6.54 Å². The highest BCUT2D eigenvalue weighted by atomic mass is 127. The molecule has 1 aliphatic rings. The molecule has 2 N–H and O–H groups in total. The zero-order valence-electron chi connectivity index (χ0n) is 16.7. The van der Waals surface area contributed by atoms with Crippen LogP contribution in [-0.4, -0.2) is 29.9 Å². The molecule has 1 heterocycles. The molecular weight excluding hydrogens is 482 g/mol. The van der Waals surface area contributed by atoms with Crippen molar-refractivity contribution >= 4 is 35.8 Å². The van der Waals surface area contributed by atoms with Gasteiger partial charge < -0.3 is 15.5 Å². The minimum Gasteiger partial charge on any atom is -0.357 e. The molecular formula is C22H28FIN4O. The number of aliphatic imine (C=N–C) groups is 1. The first-order valence-electron chi connectivity index (χ1n) is 9.77. The molecule has 1 amide bonds. The molecule has 156 valence electrons. The number of hydrogen-bond donors (Lipinski definition) is 2. The third-order valence-corrected chi connectivity index (χ3v) is 4.81. The van der Waals surface area contributed by atoms with E-state index in [9.17, 15) is 9.18 Å². The van der Waals surface area contributed by atoms with Gasteiger partial charge in [-0.25, -0.2) is 9.38 Å². The average Bonchev–Trinajstić information content (AvgIpc) is 3.11. The molecule has 0 saturated carbocycles. The van der Waals surface area contributed by atoms with Gasteiger partial charge in [0, 0.05) is 38.2 Å². The summed E-state index contributed by atoms with van der Waals surface area (Å²) in [5.41, 5.74) is 2.82. The Morgan fingerprint density at radius 3 is 2.41 bits per heavy atom. The van der Waals surface area contributed by atoms with E-state index in [4.69, 9.17) is 0 Å². The molecule has 0 bridgehead atoms. The molecule has 1 saturated heterocycles. The van der Waals surface area contributed by atoms with Gasteiger partial charge in [-0.2, -0.15) is 0 Å². The fourth-order valence-corrected chi connectivity index (χ4v) is 3.27. The molecule has 5 nitrogen and oxygen atoms in total. The van der Waals surface area contributed by atoms with Crippen LogP contribution in [0, 0.1) is 5.82 Å². The Morgan fingerprint density at radius 1 is 1.07 bits per heavy atom. The van der Waals surface area contributed by atoms with Crippen molar-refractivity contribution in [2.24, 2.45) is 4.99 Å². The maximum absolute atomic E-state index is 13.8. The van der Waals surface area contributed by atoms with Crippen LogP contribution in [0.1, 0.15) is 36.5 Å². The summed E-state index contributed by atoms with van der Waals surface area (Å²) in [5.74, 6) is 0.614. The second-order valence-electron chi connectivity index (χ2n) is 6.83. The van der Waals surface area contributed by atoms with Crippen molar-refractivity contribution in [2.75, 3.05) is 13.1 Å². The first-order chi connectivity index (χ1) is 13.7. The van der Waals surface area contributed by atoms with Crippen molar-refractivity contribution in [1.82, 2.24) is 15.5 Å². The molecule has 2 aromatic rings. The molecule has 1 aliphatic heterocycles. The molecule has 2 aromatic carbocycles. The maximum atomic E-state index is 13.8. The van der Waals surface area contributed by atoms with Gasteiger partial charge in [0.15, 0.2) is 5.96 Å². The van der Waals surface area contributed by atoms with E-state index in [-0.39, 0.29) is 42.2 Å². The zero-order chi connectivity index (χ0) is 19.8. The van der Waals surface area contributed by atoms with E-state index in [0.29, 0.717) is 37.6 Å². The van der Waals surface area contributed by atoms with E-state index < -0.39 is 0 Å². The molecule has 1 fully saturated rings. The number of amides is 1. The minimum atomic E-state index is -0.247. The highest BCUT2D eigenvalue weighted by Crippen LogP contribution is 2.17. The number of benzene rings is 2. The normalized spacial score (nSPS) is 13.9. The molecule has 29 heavy (non-hydrogen) atoms. The highest BCUT2D eigenvalue weighted by Gasteiger charge is 2.20. The molecule has 0 aromatic heterocycles. The van der Waals surface area contributed by atoms with Crippen LogP contribution in [0.5, 0.6) is 0 Å². The van der Waals surface area contributed by atoms with Gasteiger partial charge in [0.2, 0.25) is 5.91 Å². The smallest absolute Gasteiger partial charge is 0.222 e. The van der Waals surface area contributed by atoms with E-state index in [2.05, 4.69) is 27.8 Å². The Bertz CT molecular complexity index is 843. The summed E-state index contributed by atoms with van der Waals surface area (Å²) < 4.78 is 13.8. The Morgan fingerprint density at radius 2 is 1.76 bits per heavy atom.